The van der Waals surface area contributed by atoms with E-state index in [1.54, 1.807) is 29.2 Å². The molecular weight excluding hydrogens is 513 g/mol. The molecule has 1 aromatic rings. The molecule has 0 aromatic heterocycles. The van der Waals surface area contributed by atoms with Gasteiger partial charge in [-0.3, -0.25) is 14.5 Å². The van der Waals surface area contributed by atoms with Crippen molar-refractivity contribution in [1.29, 1.82) is 0 Å². The Bertz CT molecular complexity index is 1070. The van der Waals surface area contributed by atoms with Crippen LogP contribution >= 0.6 is 47.2 Å². The summed E-state index contributed by atoms with van der Waals surface area (Å²) in [5.74, 6) is -0.0932. The fraction of sp³-hybridized carbons (Fsp3) is 0.480. The van der Waals surface area contributed by atoms with Gasteiger partial charge in [0.15, 0.2) is 11.5 Å². The fourth-order valence-electron chi connectivity index (χ4n) is 4.89. The Labute approximate surface area is 219 Å². The quantitative estimate of drug-likeness (QED) is 0.173. The number of methoxy groups -OCH3 is 1. The van der Waals surface area contributed by atoms with Gasteiger partial charge >= 0.3 is 5.97 Å². The predicted molar refractivity (Wildman–Crippen MR) is 141 cm³/mol. The van der Waals surface area contributed by atoms with Crippen LogP contribution in [0.1, 0.15) is 51.5 Å². The minimum absolute atomic E-state index is 0.0376. The lowest BCUT2D eigenvalue weighted by atomic mass is 9.94. The second kappa shape index (κ2) is 10.2. The van der Waals surface area contributed by atoms with Crippen LogP contribution in [0.5, 0.6) is 11.5 Å². The van der Waals surface area contributed by atoms with E-state index in [-0.39, 0.29) is 39.7 Å². The molecule has 0 spiro atoms. The lowest BCUT2D eigenvalue weighted by Crippen LogP contribution is -2.39. The standard InChI is InChI=1S/C25H27Cl2NO4S2/c1-25(2)16(13-20(26)27)21(25)23(30)32-17-10-9-14(11-18(17)31-3)12-19-22(29)28(24(33)34-19)15-7-5-4-6-8-15/h9-13,15-16,21H,4-8H2,1-3H3/b19-12-/t16-,21+/m0/s1. The Morgan fingerprint density at radius 1 is 1.21 bits per heavy atom. The Morgan fingerprint density at radius 2 is 1.91 bits per heavy atom. The van der Waals surface area contributed by atoms with Crippen molar-refractivity contribution in [1.82, 2.24) is 4.90 Å². The van der Waals surface area contributed by atoms with Crippen LogP contribution < -0.4 is 9.47 Å². The summed E-state index contributed by atoms with van der Waals surface area (Å²) >= 11 is 18.4. The van der Waals surface area contributed by atoms with Crippen molar-refractivity contribution in [2.45, 2.75) is 52.0 Å². The first-order valence-electron chi connectivity index (χ1n) is 11.3. The summed E-state index contributed by atoms with van der Waals surface area (Å²) in [7, 11) is 1.51. The highest BCUT2D eigenvalue weighted by atomic mass is 35.5. The third kappa shape index (κ3) is 5.18. The molecule has 1 heterocycles. The molecule has 34 heavy (non-hydrogen) atoms. The fourth-order valence-corrected chi connectivity index (χ4v) is 6.56. The maximum absolute atomic E-state index is 13.1. The van der Waals surface area contributed by atoms with Crippen molar-refractivity contribution in [3.05, 3.63) is 39.2 Å². The molecule has 0 radical (unpaired) electrons. The Kier molecular flexibility index (Phi) is 7.67. The molecule has 1 aromatic carbocycles. The van der Waals surface area contributed by atoms with Crippen LogP contribution in [-0.4, -0.2) is 34.2 Å². The predicted octanol–water partition coefficient (Wildman–Crippen LogP) is 6.73. The van der Waals surface area contributed by atoms with Gasteiger partial charge in [-0.15, -0.1) is 0 Å². The molecule has 2 saturated carbocycles. The summed E-state index contributed by atoms with van der Waals surface area (Å²) < 4.78 is 11.9. The topological polar surface area (TPSA) is 55.8 Å². The van der Waals surface area contributed by atoms with Crippen molar-refractivity contribution in [2.24, 2.45) is 17.3 Å². The van der Waals surface area contributed by atoms with Gasteiger partial charge in [-0.2, -0.15) is 0 Å². The SMILES string of the molecule is COc1cc(/C=C2\SC(=S)N(C3CCCCC3)C2=O)ccc1OC(=O)[C@H]1[C@H](C=C(Cl)Cl)C1(C)C. The molecule has 182 valence electrons. The maximum atomic E-state index is 13.1. The van der Waals surface area contributed by atoms with Crippen LogP contribution in [0.25, 0.3) is 6.08 Å². The van der Waals surface area contributed by atoms with Gasteiger partial charge in [0.2, 0.25) is 0 Å². The molecule has 0 unspecified atom stereocenters. The molecule has 1 saturated heterocycles. The molecular formula is C25H27Cl2NO4S2. The zero-order chi connectivity index (χ0) is 24.6. The average Bonchev–Trinajstić information content (AvgIpc) is 3.20. The van der Waals surface area contributed by atoms with Crippen LogP contribution in [0.3, 0.4) is 0 Å². The van der Waals surface area contributed by atoms with Crippen LogP contribution in [0.2, 0.25) is 0 Å². The highest BCUT2D eigenvalue weighted by Crippen LogP contribution is 2.60. The number of hydrogen-bond acceptors (Lipinski definition) is 6. The number of benzene rings is 1. The number of halogens is 2. The monoisotopic (exact) mass is 539 g/mol. The molecule has 0 N–H and O–H groups in total. The average molecular weight is 541 g/mol. The molecule has 2 aliphatic carbocycles. The number of rotatable bonds is 6. The second-order valence-corrected chi connectivity index (χ2v) is 12.1. The minimum atomic E-state index is -0.361. The number of hydrogen-bond donors (Lipinski definition) is 0. The Morgan fingerprint density at radius 3 is 2.56 bits per heavy atom. The molecule has 5 nitrogen and oxygen atoms in total. The van der Waals surface area contributed by atoms with E-state index in [1.165, 1.54) is 25.3 Å². The van der Waals surface area contributed by atoms with Crippen LogP contribution in [0.4, 0.5) is 0 Å². The van der Waals surface area contributed by atoms with Gasteiger partial charge in [-0.25, -0.2) is 0 Å². The molecule has 3 fully saturated rings. The van der Waals surface area contributed by atoms with Crippen molar-refractivity contribution < 1.29 is 19.1 Å². The molecule has 4 rings (SSSR count). The third-order valence-corrected chi connectivity index (χ3v) is 8.51. The molecule has 0 bridgehead atoms. The number of nitrogens with zero attached hydrogens (tertiary/aromatic N) is 1. The van der Waals surface area contributed by atoms with E-state index < -0.39 is 0 Å². The summed E-state index contributed by atoms with van der Waals surface area (Å²) in [5, 5.41) is 0. The van der Waals surface area contributed by atoms with E-state index in [0.29, 0.717) is 20.7 Å². The molecule has 1 amide bonds. The van der Waals surface area contributed by atoms with Crippen LogP contribution in [-0.2, 0) is 9.59 Å². The zero-order valence-electron chi connectivity index (χ0n) is 19.3. The van der Waals surface area contributed by atoms with Crippen molar-refractivity contribution in [2.75, 3.05) is 7.11 Å². The number of ether oxygens (including phenoxy) is 2. The van der Waals surface area contributed by atoms with E-state index in [2.05, 4.69) is 0 Å². The Balaban J connectivity index is 1.49. The second-order valence-electron chi connectivity index (χ2n) is 9.46. The normalized spacial score (nSPS) is 25.4. The van der Waals surface area contributed by atoms with E-state index in [9.17, 15) is 9.59 Å². The zero-order valence-corrected chi connectivity index (χ0v) is 22.5. The van der Waals surface area contributed by atoms with Crippen molar-refractivity contribution in [3.63, 3.8) is 0 Å². The minimum Gasteiger partial charge on any atom is -0.493 e. The van der Waals surface area contributed by atoms with E-state index in [1.807, 2.05) is 19.9 Å². The molecule has 3 aliphatic rings. The summed E-state index contributed by atoms with van der Waals surface area (Å²) in [4.78, 5) is 28.2. The first-order valence-corrected chi connectivity index (χ1v) is 13.3. The molecule has 1 aliphatic heterocycles. The van der Waals surface area contributed by atoms with Crippen molar-refractivity contribution >= 4 is 69.5 Å². The van der Waals surface area contributed by atoms with Gasteiger partial charge in [0, 0.05) is 6.04 Å². The van der Waals surface area contributed by atoms with Gasteiger partial charge < -0.3 is 9.47 Å². The highest BCUT2D eigenvalue weighted by molar-refractivity contribution is 8.26. The van der Waals surface area contributed by atoms with Gasteiger partial charge in [-0.1, -0.05) is 86.4 Å². The maximum Gasteiger partial charge on any atom is 0.315 e. The first kappa shape index (κ1) is 25.5. The smallest absolute Gasteiger partial charge is 0.315 e. The Hall–Kier alpha value is -1.54. The van der Waals surface area contributed by atoms with E-state index in [4.69, 9.17) is 44.9 Å². The highest BCUT2D eigenvalue weighted by Gasteiger charge is 2.61. The van der Waals surface area contributed by atoms with Gasteiger partial charge in [0.1, 0.15) is 8.81 Å². The summed E-state index contributed by atoms with van der Waals surface area (Å²) in [6.45, 7) is 3.95. The lowest BCUT2D eigenvalue weighted by Gasteiger charge is -2.29. The number of thiocarbonyl (C=S) groups is 1. The summed E-state index contributed by atoms with van der Waals surface area (Å²) in [6.07, 6.45) is 8.97. The molecule has 9 heteroatoms. The third-order valence-electron chi connectivity index (χ3n) is 6.93. The van der Waals surface area contributed by atoms with Gasteiger partial charge in [-0.05, 0) is 54.0 Å². The van der Waals surface area contributed by atoms with Crippen LogP contribution in [0, 0.1) is 17.3 Å². The first-order chi connectivity index (χ1) is 16.1. The number of allylic oxidation sites excluding steroid dienone is 1. The van der Waals surface area contributed by atoms with E-state index in [0.717, 1.165) is 31.2 Å². The number of amides is 1. The van der Waals surface area contributed by atoms with Crippen LogP contribution in [0.15, 0.2) is 33.7 Å². The van der Waals surface area contributed by atoms with Gasteiger partial charge in [0.25, 0.3) is 5.91 Å². The number of thioether (sulfide) groups is 1. The summed E-state index contributed by atoms with van der Waals surface area (Å²) in [5.41, 5.74) is 0.481. The number of carbonyl (C=O) groups is 2. The number of esters is 1. The number of carbonyl (C=O) groups excluding carboxylic acids is 2. The van der Waals surface area contributed by atoms with E-state index >= 15 is 0 Å². The molecule has 2 atom stereocenters. The lowest BCUT2D eigenvalue weighted by molar-refractivity contribution is -0.136. The van der Waals surface area contributed by atoms with Crippen molar-refractivity contribution in [3.8, 4) is 11.5 Å². The summed E-state index contributed by atoms with van der Waals surface area (Å²) in [6, 6.07) is 5.42. The van der Waals surface area contributed by atoms with Gasteiger partial charge in [0.05, 0.1) is 17.9 Å². The largest absolute Gasteiger partial charge is 0.493 e.